The molecule has 0 aromatic heterocycles. The van der Waals surface area contributed by atoms with E-state index < -0.39 is 24.6 Å². The van der Waals surface area contributed by atoms with Crippen molar-refractivity contribution in [2.24, 2.45) is 5.92 Å². The van der Waals surface area contributed by atoms with Gasteiger partial charge in [0, 0.05) is 13.2 Å². The van der Waals surface area contributed by atoms with Crippen LogP contribution in [0.2, 0.25) is 0 Å². The molecule has 0 radical (unpaired) electrons. The molecule has 1 fully saturated rings. The Morgan fingerprint density at radius 1 is 1.41 bits per heavy atom. The summed E-state index contributed by atoms with van der Waals surface area (Å²) >= 11 is 0. The zero-order valence-corrected chi connectivity index (χ0v) is 9.52. The average molecular weight is 246 g/mol. The molecular formula is C10H18N2O5. The smallest absolute Gasteiger partial charge is 0.328 e. The molecular weight excluding hydrogens is 228 g/mol. The standard InChI is InChI=1S/C10H18N2O5/c13-5-8(9(14)15)12-10(16)11-3-4-17-6-7-1-2-7/h7-8,13H,1-6H2,(H,14,15)(H2,11,12,16). The van der Waals surface area contributed by atoms with Gasteiger partial charge in [0.1, 0.15) is 0 Å². The first-order chi connectivity index (χ1) is 8.13. The Kier molecular flexibility index (Phi) is 5.71. The van der Waals surface area contributed by atoms with Crippen LogP contribution in [-0.4, -0.2) is 54.6 Å². The molecule has 1 rings (SSSR count). The summed E-state index contributed by atoms with van der Waals surface area (Å²) in [6, 6.07) is -1.90. The van der Waals surface area contributed by atoms with Gasteiger partial charge in [-0.25, -0.2) is 9.59 Å². The van der Waals surface area contributed by atoms with Crippen molar-refractivity contribution < 1.29 is 24.5 Å². The van der Waals surface area contributed by atoms with Crippen LogP contribution < -0.4 is 10.6 Å². The zero-order valence-electron chi connectivity index (χ0n) is 9.52. The lowest BCUT2D eigenvalue weighted by atomic mass is 10.3. The van der Waals surface area contributed by atoms with E-state index >= 15 is 0 Å². The van der Waals surface area contributed by atoms with Gasteiger partial charge in [0.15, 0.2) is 6.04 Å². The van der Waals surface area contributed by atoms with Crippen molar-refractivity contribution in [1.29, 1.82) is 0 Å². The molecule has 1 unspecified atom stereocenters. The number of aliphatic hydroxyl groups is 1. The minimum Gasteiger partial charge on any atom is -0.480 e. The number of ether oxygens (including phenoxy) is 1. The molecule has 98 valence electrons. The van der Waals surface area contributed by atoms with E-state index in [-0.39, 0.29) is 0 Å². The summed E-state index contributed by atoms with van der Waals surface area (Å²) < 4.78 is 5.28. The molecule has 1 atom stereocenters. The highest BCUT2D eigenvalue weighted by Gasteiger charge is 2.21. The summed E-state index contributed by atoms with van der Waals surface area (Å²) in [5.41, 5.74) is 0. The maximum Gasteiger partial charge on any atom is 0.328 e. The van der Waals surface area contributed by atoms with Gasteiger partial charge in [-0.15, -0.1) is 0 Å². The molecule has 1 aliphatic carbocycles. The Morgan fingerprint density at radius 2 is 2.12 bits per heavy atom. The summed E-state index contributed by atoms with van der Waals surface area (Å²) in [7, 11) is 0. The number of hydrogen-bond donors (Lipinski definition) is 4. The SMILES string of the molecule is O=C(NCCOCC1CC1)NC(CO)C(=O)O. The van der Waals surface area contributed by atoms with Crippen molar-refractivity contribution in [3.8, 4) is 0 Å². The molecule has 2 amide bonds. The number of amides is 2. The predicted molar refractivity (Wildman–Crippen MR) is 58.6 cm³/mol. The molecule has 0 aliphatic heterocycles. The number of nitrogens with one attached hydrogen (secondary N) is 2. The van der Waals surface area contributed by atoms with Crippen LogP contribution in [0, 0.1) is 5.92 Å². The van der Waals surface area contributed by atoms with Crippen molar-refractivity contribution in [2.45, 2.75) is 18.9 Å². The van der Waals surface area contributed by atoms with Crippen LogP contribution in [0.25, 0.3) is 0 Å². The molecule has 4 N–H and O–H groups in total. The van der Waals surface area contributed by atoms with Gasteiger partial charge in [0.2, 0.25) is 0 Å². The van der Waals surface area contributed by atoms with Crippen molar-refractivity contribution in [2.75, 3.05) is 26.4 Å². The number of carbonyl (C=O) groups is 2. The van der Waals surface area contributed by atoms with Crippen molar-refractivity contribution in [1.82, 2.24) is 10.6 Å². The van der Waals surface area contributed by atoms with Crippen molar-refractivity contribution in [3.05, 3.63) is 0 Å². The average Bonchev–Trinajstić information content (AvgIpc) is 3.09. The van der Waals surface area contributed by atoms with Crippen LogP contribution in [0.5, 0.6) is 0 Å². The lowest BCUT2D eigenvalue weighted by Crippen LogP contribution is -2.48. The first kappa shape index (κ1) is 13.7. The van der Waals surface area contributed by atoms with Gasteiger partial charge in [-0.2, -0.15) is 0 Å². The summed E-state index contributed by atoms with van der Waals surface area (Å²) in [5, 5.41) is 21.8. The van der Waals surface area contributed by atoms with Crippen LogP contribution in [0.3, 0.4) is 0 Å². The van der Waals surface area contributed by atoms with Crippen LogP contribution >= 0.6 is 0 Å². The van der Waals surface area contributed by atoms with E-state index in [0.29, 0.717) is 19.1 Å². The Labute approximate surface area is 99.1 Å². The number of hydrogen-bond acceptors (Lipinski definition) is 4. The minimum absolute atomic E-state index is 0.316. The third-order valence-electron chi connectivity index (χ3n) is 2.37. The van der Waals surface area contributed by atoms with Crippen LogP contribution in [0.4, 0.5) is 4.79 Å². The number of carbonyl (C=O) groups excluding carboxylic acids is 1. The van der Waals surface area contributed by atoms with Gasteiger partial charge in [-0.3, -0.25) is 0 Å². The van der Waals surface area contributed by atoms with Gasteiger partial charge < -0.3 is 25.6 Å². The second-order valence-electron chi connectivity index (χ2n) is 3.99. The number of carboxylic acids is 1. The van der Waals surface area contributed by atoms with Crippen LogP contribution in [0.1, 0.15) is 12.8 Å². The first-order valence-electron chi connectivity index (χ1n) is 5.59. The molecule has 0 saturated heterocycles. The van der Waals surface area contributed by atoms with Crippen molar-refractivity contribution >= 4 is 12.0 Å². The number of urea groups is 1. The highest BCUT2D eigenvalue weighted by atomic mass is 16.5. The van der Waals surface area contributed by atoms with E-state index in [0.717, 1.165) is 6.61 Å². The Balaban J connectivity index is 2.00. The lowest BCUT2D eigenvalue weighted by Gasteiger charge is -2.12. The fraction of sp³-hybridized carbons (Fsp3) is 0.800. The quantitative estimate of drug-likeness (QED) is 0.418. The van der Waals surface area contributed by atoms with Gasteiger partial charge in [0.25, 0.3) is 0 Å². The van der Waals surface area contributed by atoms with Gasteiger partial charge in [-0.05, 0) is 18.8 Å². The third-order valence-corrected chi connectivity index (χ3v) is 2.37. The molecule has 0 heterocycles. The van der Waals surface area contributed by atoms with Gasteiger partial charge in [-0.1, -0.05) is 0 Å². The zero-order chi connectivity index (χ0) is 12.7. The topological polar surface area (TPSA) is 108 Å². The number of rotatable bonds is 8. The highest BCUT2D eigenvalue weighted by molar-refractivity contribution is 5.82. The fourth-order valence-electron chi connectivity index (χ4n) is 1.17. The number of aliphatic carboxylic acids is 1. The van der Waals surface area contributed by atoms with Crippen LogP contribution in [0.15, 0.2) is 0 Å². The van der Waals surface area contributed by atoms with E-state index in [9.17, 15) is 9.59 Å². The molecule has 7 heteroatoms. The largest absolute Gasteiger partial charge is 0.480 e. The lowest BCUT2D eigenvalue weighted by molar-refractivity contribution is -0.140. The van der Waals surface area contributed by atoms with E-state index in [2.05, 4.69) is 10.6 Å². The maximum atomic E-state index is 11.2. The summed E-state index contributed by atoms with van der Waals surface area (Å²) in [4.78, 5) is 21.7. The molecule has 1 saturated carbocycles. The summed E-state index contributed by atoms with van der Waals surface area (Å²) in [6.45, 7) is 0.801. The summed E-state index contributed by atoms with van der Waals surface area (Å²) in [5.74, 6) is -0.595. The fourth-order valence-corrected chi connectivity index (χ4v) is 1.17. The Bertz CT molecular complexity index is 267. The van der Waals surface area contributed by atoms with Crippen molar-refractivity contribution in [3.63, 3.8) is 0 Å². The predicted octanol–water partition coefficient (Wildman–Crippen LogP) is -0.842. The molecule has 1 aliphatic rings. The van der Waals surface area contributed by atoms with E-state index in [1.165, 1.54) is 12.8 Å². The van der Waals surface area contributed by atoms with E-state index in [1.54, 1.807) is 0 Å². The Hall–Kier alpha value is -1.34. The van der Waals surface area contributed by atoms with Crippen LogP contribution in [-0.2, 0) is 9.53 Å². The third kappa shape index (κ3) is 6.08. The van der Waals surface area contributed by atoms with E-state index in [1.807, 2.05) is 0 Å². The molecule has 0 bridgehead atoms. The summed E-state index contributed by atoms with van der Waals surface area (Å²) in [6.07, 6.45) is 2.43. The highest BCUT2D eigenvalue weighted by Crippen LogP contribution is 2.28. The minimum atomic E-state index is -1.28. The number of aliphatic hydroxyl groups excluding tert-OH is 1. The molecule has 0 aromatic carbocycles. The number of carboxylic acid groups (broad SMARTS) is 1. The molecule has 7 nitrogen and oxygen atoms in total. The Morgan fingerprint density at radius 3 is 2.65 bits per heavy atom. The van der Waals surface area contributed by atoms with Gasteiger partial charge in [0.05, 0.1) is 13.2 Å². The van der Waals surface area contributed by atoms with Gasteiger partial charge >= 0.3 is 12.0 Å². The molecule has 17 heavy (non-hydrogen) atoms. The second-order valence-corrected chi connectivity index (χ2v) is 3.99. The second kappa shape index (κ2) is 7.08. The maximum absolute atomic E-state index is 11.2. The monoisotopic (exact) mass is 246 g/mol. The normalized spacial score (nSPS) is 16.3. The molecule has 0 spiro atoms. The first-order valence-corrected chi connectivity index (χ1v) is 5.59. The van der Waals surface area contributed by atoms with E-state index in [4.69, 9.17) is 14.9 Å². The molecule has 0 aromatic rings.